The van der Waals surface area contributed by atoms with Gasteiger partial charge in [0.05, 0.1) is 35.6 Å². The minimum atomic E-state index is -0.202. The lowest BCUT2D eigenvalue weighted by Gasteiger charge is -2.10. The van der Waals surface area contributed by atoms with Gasteiger partial charge < -0.3 is 10.1 Å². The van der Waals surface area contributed by atoms with E-state index in [-0.39, 0.29) is 5.91 Å². The third kappa shape index (κ3) is 3.11. The molecule has 1 aromatic carbocycles. The molecule has 0 unspecified atom stereocenters. The van der Waals surface area contributed by atoms with Gasteiger partial charge in [-0.1, -0.05) is 23.7 Å². The van der Waals surface area contributed by atoms with Gasteiger partial charge in [0.2, 0.25) is 0 Å². The molecule has 0 spiro atoms. The number of benzene rings is 1. The van der Waals surface area contributed by atoms with Crippen LogP contribution in [0.1, 0.15) is 23.0 Å². The predicted molar refractivity (Wildman–Crippen MR) is 77.0 cm³/mol. The molecule has 106 valence electrons. The number of aryl methyl sites for hydroxylation is 1. The fraction of sp³-hybridized carbons (Fsp3) is 0.286. The number of halogens is 1. The van der Waals surface area contributed by atoms with E-state index in [1.54, 1.807) is 36.1 Å². The van der Waals surface area contributed by atoms with E-state index in [1.807, 2.05) is 13.0 Å². The summed E-state index contributed by atoms with van der Waals surface area (Å²) in [6, 6.07) is 7.13. The van der Waals surface area contributed by atoms with Crippen molar-refractivity contribution in [1.29, 1.82) is 0 Å². The van der Waals surface area contributed by atoms with Crippen molar-refractivity contribution in [3.05, 3.63) is 46.7 Å². The lowest BCUT2D eigenvalue weighted by molar-refractivity contribution is 0.0946. The van der Waals surface area contributed by atoms with Crippen LogP contribution in [0.15, 0.2) is 30.5 Å². The first kappa shape index (κ1) is 14.4. The molecule has 2 aromatic rings. The topological polar surface area (TPSA) is 56.1 Å². The lowest BCUT2D eigenvalue weighted by atomic mass is 10.2. The molecule has 0 aliphatic rings. The van der Waals surface area contributed by atoms with Crippen molar-refractivity contribution in [1.82, 2.24) is 15.1 Å². The summed E-state index contributed by atoms with van der Waals surface area (Å²) in [5, 5.41) is 7.37. The molecular weight excluding hydrogens is 278 g/mol. The number of nitrogens with one attached hydrogen (secondary N) is 1. The lowest BCUT2D eigenvalue weighted by Crippen LogP contribution is -2.24. The highest BCUT2D eigenvalue weighted by atomic mass is 35.5. The second-order valence-electron chi connectivity index (χ2n) is 4.17. The summed E-state index contributed by atoms with van der Waals surface area (Å²) < 4.78 is 7.07. The maximum Gasteiger partial charge on any atom is 0.255 e. The number of rotatable bonds is 5. The molecule has 0 aliphatic carbocycles. The zero-order chi connectivity index (χ0) is 14.5. The quantitative estimate of drug-likeness (QED) is 0.921. The van der Waals surface area contributed by atoms with Gasteiger partial charge in [-0.15, -0.1) is 0 Å². The number of nitrogens with zero attached hydrogens (tertiary/aromatic N) is 2. The van der Waals surface area contributed by atoms with Gasteiger partial charge >= 0.3 is 0 Å². The Labute approximate surface area is 122 Å². The second-order valence-corrected chi connectivity index (χ2v) is 4.58. The third-order valence-corrected chi connectivity index (χ3v) is 3.17. The Morgan fingerprint density at radius 2 is 2.20 bits per heavy atom. The third-order valence-electron chi connectivity index (χ3n) is 2.86. The number of hydrogen-bond donors (Lipinski definition) is 1. The van der Waals surface area contributed by atoms with Crippen molar-refractivity contribution < 1.29 is 9.53 Å². The molecule has 0 saturated heterocycles. The highest BCUT2D eigenvalue weighted by Crippen LogP contribution is 2.18. The number of hydrogen-bond acceptors (Lipinski definition) is 3. The van der Waals surface area contributed by atoms with Gasteiger partial charge in [-0.05, 0) is 19.1 Å². The van der Waals surface area contributed by atoms with Crippen molar-refractivity contribution in [2.75, 3.05) is 6.61 Å². The minimum Gasteiger partial charge on any atom is -0.493 e. The van der Waals surface area contributed by atoms with Crippen LogP contribution < -0.4 is 10.1 Å². The van der Waals surface area contributed by atoms with Crippen LogP contribution in [0.5, 0.6) is 5.75 Å². The fourth-order valence-electron chi connectivity index (χ4n) is 1.83. The average Bonchev–Trinajstić information content (AvgIpc) is 2.76. The SMILES string of the molecule is CCOc1ccccc1C(=O)NCc1c(Cl)cnn1C. The van der Waals surface area contributed by atoms with Gasteiger partial charge in [0.15, 0.2) is 0 Å². The van der Waals surface area contributed by atoms with Crippen molar-refractivity contribution in [2.45, 2.75) is 13.5 Å². The average molecular weight is 294 g/mol. The first-order chi connectivity index (χ1) is 9.63. The molecule has 0 fully saturated rings. The number of ether oxygens (including phenoxy) is 1. The first-order valence-corrected chi connectivity index (χ1v) is 6.67. The molecule has 1 aromatic heterocycles. The standard InChI is InChI=1S/C14H16ClN3O2/c1-3-20-13-7-5-4-6-10(13)14(19)16-9-12-11(15)8-17-18(12)2/h4-8H,3,9H2,1-2H3,(H,16,19). The zero-order valence-corrected chi connectivity index (χ0v) is 12.1. The van der Waals surface area contributed by atoms with E-state index in [4.69, 9.17) is 16.3 Å². The van der Waals surface area contributed by atoms with Gasteiger partial charge in [-0.25, -0.2) is 0 Å². The van der Waals surface area contributed by atoms with Crippen molar-refractivity contribution in [3.8, 4) is 5.75 Å². The molecule has 5 nitrogen and oxygen atoms in total. The molecule has 1 heterocycles. The number of amides is 1. The summed E-state index contributed by atoms with van der Waals surface area (Å²) in [5.74, 6) is 0.370. The Hall–Kier alpha value is -2.01. The molecule has 0 bridgehead atoms. The van der Waals surface area contributed by atoms with Gasteiger partial charge in [0.25, 0.3) is 5.91 Å². The van der Waals surface area contributed by atoms with E-state index in [0.29, 0.717) is 29.5 Å². The molecule has 0 atom stereocenters. The van der Waals surface area contributed by atoms with E-state index in [0.717, 1.165) is 5.69 Å². The minimum absolute atomic E-state index is 0.202. The maximum absolute atomic E-state index is 12.2. The van der Waals surface area contributed by atoms with Crippen molar-refractivity contribution >= 4 is 17.5 Å². The molecule has 1 amide bonds. The summed E-state index contributed by atoms with van der Waals surface area (Å²) in [6.45, 7) is 2.70. The van der Waals surface area contributed by atoms with Crippen LogP contribution in [-0.2, 0) is 13.6 Å². The Bertz CT molecular complexity index is 591. The van der Waals surface area contributed by atoms with Crippen LogP contribution in [0.3, 0.4) is 0 Å². The number of para-hydroxylation sites is 1. The summed E-state index contributed by atoms with van der Waals surface area (Å²) in [4.78, 5) is 12.2. The van der Waals surface area contributed by atoms with Gasteiger partial charge in [-0.3, -0.25) is 9.48 Å². The molecule has 0 radical (unpaired) electrons. The van der Waals surface area contributed by atoms with E-state index < -0.39 is 0 Å². The van der Waals surface area contributed by atoms with Gasteiger partial charge in [0.1, 0.15) is 5.75 Å². The van der Waals surface area contributed by atoms with Gasteiger partial charge in [-0.2, -0.15) is 5.10 Å². The van der Waals surface area contributed by atoms with Crippen molar-refractivity contribution in [3.63, 3.8) is 0 Å². The molecule has 0 aliphatic heterocycles. The van der Waals surface area contributed by atoms with Crippen LogP contribution in [0.4, 0.5) is 0 Å². The zero-order valence-electron chi connectivity index (χ0n) is 11.4. The highest BCUT2D eigenvalue weighted by molar-refractivity contribution is 6.31. The smallest absolute Gasteiger partial charge is 0.255 e. The predicted octanol–water partition coefficient (Wildman–Crippen LogP) is 2.40. The normalized spacial score (nSPS) is 10.3. The van der Waals surface area contributed by atoms with Crippen LogP contribution in [0.2, 0.25) is 5.02 Å². The Balaban J connectivity index is 2.09. The van der Waals surface area contributed by atoms with Crippen LogP contribution in [-0.4, -0.2) is 22.3 Å². The molecular formula is C14H16ClN3O2. The summed E-state index contributed by atoms with van der Waals surface area (Å²) >= 11 is 6.00. The van der Waals surface area contributed by atoms with Crippen LogP contribution in [0, 0.1) is 0 Å². The monoisotopic (exact) mass is 293 g/mol. The fourth-order valence-corrected chi connectivity index (χ4v) is 2.06. The number of aromatic nitrogens is 2. The maximum atomic E-state index is 12.2. The molecule has 1 N–H and O–H groups in total. The summed E-state index contributed by atoms with van der Waals surface area (Å²) in [7, 11) is 1.78. The van der Waals surface area contributed by atoms with Crippen LogP contribution >= 0.6 is 11.6 Å². The van der Waals surface area contributed by atoms with Crippen molar-refractivity contribution in [2.24, 2.45) is 7.05 Å². The Kier molecular flexibility index (Phi) is 4.63. The Morgan fingerprint density at radius 3 is 2.85 bits per heavy atom. The first-order valence-electron chi connectivity index (χ1n) is 6.30. The largest absolute Gasteiger partial charge is 0.493 e. The van der Waals surface area contributed by atoms with Crippen LogP contribution in [0.25, 0.3) is 0 Å². The second kappa shape index (κ2) is 6.43. The van der Waals surface area contributed by atoms with E-state index >= 15 is 0 Å². The molecule has 6 heteroatoms. The Morgan fingerprint density at radius 1 is 1.45 bits per heavy atom. The summed E-state index contributed by atoms with van der Waals surface area (Å²) in [6.07, 6.45) is 1.55. The summed E-state index contributed by atoms with van der Waals surface area (Å²) in [5.41, 5.74) is 1.27. The van der Waals surface area contributed by atoms with E-state index in [9.17, 15) is 4.79 Å². The number of carbonyl (C=O) groups excluding carboxylic acids is 1. The molecule has 2 rings (SSSR count). The van der Waals surface area contributed by atoms with E-state index in [1.165, 1.54) is 0 Å². The molecule has 0 saturated carbocycles. The van der Waals surface area contributed by atoms with E-state index in [2.05, 4.69) is 10.4 Å². The highest BCUT2D eigenvalue weighted by Gasteiger charge is 2.13. The molecule has 20 heavy (non-hydrogen) atoms. The number of carbonyl (C=O) groups is 1. The van der Waals surface area contributed by atoms with Gasteiger partial charge in [0, 0.05) is 7.05 Å².